The summed E-state index contributed by atoms with van der Waals surface area (Å²) in [4.78, 5) is 5.43. The number of morpholine rings is 1. The van der Waals surface area contributed by atoms with Gasteiger partial charge in [-0.2, -0.15) is 0 Å². The smallest absolute Gasteiger partial charge is 0.0963 e. The minimum atomic E-state index is 0.0779. The van der Waals surface area contributed by atoms with Gasteiger partial charge in [0.2, 0.25) is 0 Å². The zero-order chi connectivity index (χ0) is 18.1. The molecule has 0 radical (unpaired) electrons. The molecule has 1 spiro atoms. The van der Waals surface area contributed by atoms with E-state index in [9.17, 15) is 0 Å². The lowest BCUT2D eigenvalue weighted by Crippen LogP contribution is -2.63. The molecule has 1 aromatic carbocycles. The van der Waals surface area contributed by atoms with Crippen molar-refractivity contribution in [2.75, 3.05) is 32.8 Å². The van der Waals surface area contributed by atoms with Crippen LogP contribution < -0.4 is 0 Å². The van der Waals surface area contributed by atoms with Crippen molar-refractivity contribution in [1.29, 1.82) is 0 Å². The maximum absolute atomic E-state index is 6.59. The van der Waals surface area contributed by atoms with Gasteiger partial charge < -0.3 is 4.74 Å². The van der Waals surface area contributed by atoms with Crippen LogP contribution in [0.1, 0.15) is 60.8 Å². The fourth-order valence-corrected chi connectivity index (χ4v) is 5.56. The number of nitrogens with zero attached hydrogens (tertiary/aromatic N) is 2. The third-order valence-electron chi connectivity index (χ3n) is 7.15. The second kappa shape index (κ2) is 7.61. The molecule has 2 saturated heterocycles. The van der Waals surface area contributed by atoms with Gasteiger partial charge in [0.25, 0.3) is 0 Å². The highest BCUT2D eigenvalue weighted by Gasteiger charge is 2.47. The molecule has 3 nitrogen and oxygen atoms in total. The van der Waals surface area contributed by atoms with Crippen molar-refractivity contribution in [1.82, 2.24) is 9.80 Å². The molecule has 26 heavy (non-hydrogen) atoms. The topological polar surface area (TPSA) is 15.7 Å². The molecule has 4 rings (SSSR count). The summed E-state index contributed by atoms with van der Waals surface area (Å²) in [5, 5.41) is 0. The van der Waals surface area contributed by atoms with E-state index in [2.05, 4.69) is 42.7 Å². The molecule has 3 heteroatoms. The lowest BCUT2D eigenvalue weighted by atomic mass is 9.78. The zero-order valence-corrected chi connectivity index (χ0v) is 17.0. The highest BCUT2D eigenvalue weighted by atomic mass is 16.5. The molecule has 144 valence electrons. The second-order valence-corrected chi connectivity index (χ2v) is 8.99. The summed E-state index contributed by atoms with van der Waals surface area (Å²) in [6.07, 6.45) is 8.03. The van der Waals surface area contributed by atoms with Crippen molar-refractivity contribution >= 4 is 0 Å². The predicted molar refractivity (Wildman–Crippen MR) is 108 cm³/mol. The normalized spacial score (nSPS) is 31.0. The number of rotatable bonds is 3. The fourth-order valence-electron chi connectivity index (χ4n) is 5.56. The number of aryl methyl sites for hydroxylation is 3. The lowest BCUT2D eigenvalue weighted by molar-refractivity contribution is -0.165. The van der Waals surface area contributed by atoms with Crippen LogP contribution in [0, 0.1) is 20.8 Å². The molecular formula is C23H36N2O. The summed E-state index contributed by atoms with van der Waals surface area (Å²) in [6, 6.07) is 5.41. The summed E-state index contributed by atoms with van der Waals surface area (Å²) >= 11 is 0. The Balaban J connectivity index is 1.52. The van der Waals surface area contributed by atoms with E-state index in [-0.39, 0.29) is 5.60 Å². The summed E-state index contributed by atoms with van der Waals surface area (Å²) in [7, 11) is 0. The summed E-state index contributed by atoms with van der Waals surface area (Å²) in [5.74, 6) is 0. The van der Waals surface area contributed by atoms with Crippen molar-refractivity contribution in [2.24, 2.45) is 0 Å². The van der Waals surface area contributed by atoms with Gasteiger partial charge >= 0.3 is 0 Å². The van der Waals surface area contributed by atoms with Gasteiger partial charge in [0, 0.05) is 25.7 Å². The monoisotopic (exact) mass is 356 g/mol. The summed E-state index contributed by atoms with van der Waals surface area (Å²) in [6.45, 7) is 13.5. The third kappa shape index (κ3) is 3.58. The standard InChI is InChI=1S/C23H36N2O/c1-18-14-20(3)21(15-19(18)2)16-24-12-13-26-23(17-24)9-5-4-8-22(23)25-10-6-7-11-25/h14-15,22H,4-13,16-17H2,1-3H3/t22-,23-/m0/s1. The minimum Gasteiger partial charge on any atom is -0.371 e. The average Bonchev–Trinajstić information content (AvgIpc) is 3.14. The number of hydrogen-bond acceptors (Lipinski definition) is 3. The van der Waals surface area contributed by atoms with Gasteiger partial charge in [-0.25, -0.2) is 0 Å². The minimum absolute atomic E-state index is 0.0779. The van der Waals surface area contributed by atoms with E-state index in [0.717, 1.165) is 26.2 Å². The molecule has 0 aromatic heterocycles. The Morgan fingerprint density at radius 3 is 2.54 bits per heavy atom. The molecule has 2 heterocycles. The number of benzene rings is 1. The Morgan fingerprint density at radius 1 is 0.962 bits per heavy atom. The van der Waals surface area contributed by atoms with Crippen LogP contribution in [0.2, 0.25) is 0 Å². The first-order valence-corrected chi connectivity index (χ1v) is 10.7. The van der Waals surface area contributed by atoms with Gasteiger partial charge in [0.1, 0.15) is 0 Å². The predicted octanol–water partition coefficient (Wildman–Crippen LogP) is 4.22. The third-order valence-corrected chi connectivity index (χ3v) is 7.15. The molecule has 2 aliphatic heterocycles. The highest BCUT2D eigenvalue weighted by Crippen LogP contribution is 2.39. The van der Waals surface area contributed by atoms with Crippen LogP contribution >= 0.6 is 0 Å². The lowest BCUT2D eigenvalue weighted by Gasteiger charge is -2.52. The molecule has 0 bridgehead atoms. The Bertz CT molecular complexity index is 633. The number of likely N-dealkylation sites (tertiary alicyclic amines) is 1. The van der Waals surface area contributed by atoms with E-state index in [4.69, 9.17) is 4.74 Å². The van der Waals surface area contributed by atoms with Crippen LogP contribution in [0.4, 0.5) is 0 Å². The Labute approximate surface area is 159 Å². The molecular weight excluding hydrogens is 320 g/mol. The summed E-state index contributed by atoms with van der Waals surface area (Å²) in [5.41, 5.74) is 5.84. The van der Waals surface area contributed by atoms with Gasteiger partial charge in [-0.15, -0.1) is 0 Å². The van der Waals surface area contributed by atoms with Crippen LogP contribution in [-0.2, 0) is 11.3 Å². The van der Waals surface area contributed by atoms with E-state index >= 15 is 0 Å². The van der Waals surface area contributed by atoms with Gasteiger partial charge in [-0.3, -0.25) is 9.80 Å². The molecule has 0 unspecified atom stereocenters. The Hall–Kier alpha value is -0.900. The van der Waals surface area contributed by atoms with Gasteiger partial charge in [0.05, 0.1) is 12.2 Å². The Kier molecular flexibility index (Phi) is 5.41. The number of hydrogen-bond donors (Lipinski definition) is 0. The van der Waals surface area contributed by atoms with Crippen molar-refractivity contribution in [2.45, 2.75) is 77.5 Å². The van der Waals surface area contributed by atoms with Crippen LogP contribution in [0.3, 0.4) is 0 Å². The Morgan fingerprint density at radius 2 is 1.73 bits per heavy atom. The molecule has 1 saturated carbocycles. The zero-order valence-electron chi connectivity index (χ0n) is 17.0. The summed E-state index contributed by atoms with van der Waals surface area (Å²) < 4.78 is 6.59. The van der Waals surface area contributed by atoms with E-state index < -0.39 is 0 Å². The maximum atomic E-state index is 6.59. The van der Waals surface area contributed by atoms with Crippen LogP contribution in [-0.4, -0.2) is 54.2 Å². The van der Waals surface area contributed by atoms with Crippen molar-refractivity contribution in [3.63, 3.8) is 0 Å². The first-order chi connectivity index (χ1) is 12.6. The molecule has 1 aliphatic carbocycles. The maximum Gasteiger partial charge on any atom is 0.0963 e. The van der Waals surface area contributed by atoms with Crippen LogP contribution in [0.25, 0.3) is 0 Å². The fraction of sp³-hybridized carbons (Fsp3) is 0.739. The van der Waals surface area contributed by atoms with Gasteiger partial charge in [0.15, 0.2) is 0 Å². The molecule has 3 aliphatic rings. The second-order valence-electron chi connectivity index (χ2n) is 8.99. The molecule has 1 aromatic rings. The molecule has 3 fully saturated rings. The molecule has 0 N–H and O–H groups in total. The molecule has 0 amide bonds. The van der Waals surface area contributed by atoms with Gasteiger partial charge in [-0.1, -0.05) is 25.0 Å². The van der Waals surface area contributed by atoms with Crippen molar-refractivity contribution < 1.29 is 4.74 Å². The van der Waals surface area contributed by atoms with E-state index in [1.807, 2.05) is 0 Å². The van der Waals surface area contributed by atoms with E-state index in [0.29, 0.717) is 6.04 Å². The number of ether oxygens (including phenoxy) is 1. The highest BCUT2D eigenvalue weighted by molar-refractivity contribution is 5.36. The van der Waals surface area contributed by atoms with Crippen molar-refractivity contribution in [3.8, 4) is 0 Å². The van der Waals surface area contributed by atoms with E-state index in [1.165, 1.54) is 73.9 Å². The average molecular weight is 357 g/mol. The molecule has 2 atom stereocenters. The largest absolute Gasteiger partial charge is 0.371 e. The SMILES string of the molecule is Cc1cc(C)c(CN2CCO[C@@]3(CCCC[C@@H]3N3CCCC3)C2)cc1C. The van der Waals surface area contributed by atoms with Crippen molar-refractivity contribution in [3.05, 3.63) is 34.4 Å². The first kappa shape index (κ1) is 18.5. The van der Waals surface area contributed by atoms with E-state index in [1.54, 1.807) is 0 Å². The first-order valence-electron chi connectivity index (χ1n) is 10.7. The quantitative estimate of drug-likeness (QED) is 0.806. The van der Waals surface area contributed by atoms with Crippen LogP contribution in [0.15, 0.2) is 12.1 Å². The van der Waals surface area contributed by atoms with Gasteiger partial charge in [-0.05, 0) is 81.8 Å². The van der Waals surface area contributed by atoms with Crippen LogP contribution in [0.5, 0.6) is 0 Å².